The maximum atomic E-state index is 12.5. The lowest BCUT2D eigenvalue weighted by atomic mass is 9.98. The van der Waals surface area contributed by atoms with Crippen molar-refractivity contribution in [3.8, 4) is 0 Å². The van der Waals surface area contributed by atoms with Gasteiger partial charge in [0.15, 0.2) is 0 Å². The molecule has 1 aromatic heterocycles. The van der Waals surface area contributed by atoms with Gasteiger partial charge in [0.05, 0.1) is 11.4 Å². The van der Waals surface area contributed by atoms with Gasteiger partial charge < -0.3 is 4.90 Å². The van der Waals surface area contributed by atoms with Crippen molar-refractivity contribution in [2.75, 3.05) is 5.75 Å². The second kappa shape index (κ2) is 8.00. The van der Waals surface area contributed by atoms with Gasteiger partial charge in [0, 0.05) is 23.5 Å². The zero-order chi connectivity index (χ0) is 16.1. The average Bonchev–Trinajstić information content (AvgIpc) is 2.47. The third-order valence-electron chi connectivity index (χ3n) is 4.38. The van der Waals surface area contributed by atoms with Crippen LogP contribution in [0.25, 0.3) is 0 Å². The Morgan fingerprint density at radius 1 is 1.32 bits per heavy atom. The number of hydrogen-bond acceptors (Lipinski definition) is 3. The van der Waals surface area contributed by atoms with Gasteiger partial charge >= 0.3 is 0 Å². The van der Waals surface area contributed by atoms with E-state index >= 15 is 0 Å². The molecule has 22 heavy (non-hydrogen) atoms. The predicted octanol–water partition coefficient (Wildman–Crippen LogP) is 4.23. The largest absolute Gasteiger partial charge is 0.337 e. The van der Waals surface area contributed by atoms with Gasteiger partial charge in [0.25, 0.3) is 0 Å². The van der Waals surface area contributed by atoms with Crippen molar-refractivity contribution in [1.29, 1.82) is 0 Å². The zero-order valence-corrected chi connectivity index (χ0v) is 15.0. The Balaban J connectivity index is 1.85. The van der Waals surface area contributed by atoms with E-state index in [1.165, 1.54) is 6.42 Å². The number of thioether (sulfide) groups is 1. The molecule has 0 radical (unpaired) electrons. The molecule has 0 spiro atoms. The molecule has 0 aromatic carbocycles. The third kappa shape index (κ3) is 4.48. The summed E-state index contributed by atoms with van der Waals surface area (Å²) < 4.78 is 0. The molecule has 2 unspecified atom stereocenters. The van der Waals surface area contributed by atoms with Crippen molar-refractivity contribution < 1.29 is 4.79 Å². The molecule has 0 saturated carbocycles. The molecule has 0 aliphatic carbocycles. The second-order valence-corrected chi connectivity index (χ2v) is 7.62. The minimum atomic E-state index is 0.282. The van der Waals surface area contributed by atoms with Crippen molar-refractivity contribution in [2.24, 2.45) is 0 Å². The molecule has 1 aliphatic rings. The predicted molar refractivity (Wildman–Crippen MR) is 94.1 cm³/mol. The summed E-state index contributed by atoms with van der Waals surface area (Å²) in [5.41, 5.74) is 2.20. The van der Waals surface area contributed by atoms with Crippen LogP contribution in [0.2, 0.25) is 0 Å². The quantitative estimate of drug-likeness (QED) is 0.814. The highest BCUT2D eigenvalue weighted by atomic mass is 32.2. The van der Waals surface area contributed by atoms with E-state index in [-0.39, 0.29) is 5.91 Å². The fourth-order valence-electron chi connectivity index (χ4n) is 3.13. The second-order valence-electron chi connectivity index (χ2n) is 6.63. The standard InChI is InChI=1S/C18H28N2OS/c1-13(2)17-10-6-9-16(19-17)11-22-12-18(21)20-14(3)7-5-8-15(20)4/h6,9-10,13-15H,5,7-8,11-12H2,1-4H3. The van der Waals surface area contributed by atoms with E-state index in [1.54, 1.807) is 11.8 Å². The average molecular weight is 321 g/mol. The summed E-state index contributed by atoms with van der Waals surface area (Å²) in [7, 11) is 0. The van der Waals surface area contributed by atoms with Crippen LogP contribution in [0.3, 0.4) is 0 Å². The van der Waals surface area contributed by atoms with Gasteiger partial charge in [-0.15, -0.1) is 11.8 Å². The molecular formula is C18H28N2OS. The molecule has 2 heterocycles. The van der Waals surface area contributed by atoms with Crippen LogP contribution in [-0.4, -0.2) is 33.6 Å². The van der Waals surface area contributed by atoms with Gasteiger partial charge in [-0.1, -0.05) is 19.9 Å². The molecular weight excluding hydrogens is 292 g/mol. The first-order valence-electron chi connectivity index (χ1n) is 8.33. The van der Waals surface area contributed by atoms with E-state index in [1.807, 2.05) is 0 Å². The van der Waals surface area contributed by atoms with Crippen LogP contribution < -0.4 is 0 Å². The number of likely N-dealkylation sites (tertiary alicyclic amines) is 1. The summed E-state index contributed by atoms with van der Waals surface area (Å²) in [6.07, 6.45) is 3.52. The number of carbonyl (C=O) groups is 1. The van der Waals surface area contributed by atoms with Crippen molar-refractivity contribution in [2.45, 2.75) is 70.7 Å². The highest BCUT2D eigenvalue weighted by Crippen LogP contribution is 2.24. The van der Waals surface area contributed by atoms with Crippen LogP contribution in [-0.2, 0) is 10.5 Å². The van der Waals surface area contributed by atoms with E-state index in [4.69, 9.17) is 0 Å². The van der Waals surface area contributed by atoms with Crippen molar-refractivity contribution >= 4 is 17.7 Å². The number of piperidine rings is 1. The number of pyridine rings is 1. The molecule has 1 aliphatic heterocycles. The fourth-order valence-corrected chi connectivity index (χ4v) is 3.93. The first-order chi connectivity index (χ1) is 10.5. The highest BCUT2D eigenvalue weighted by Gasteiger charge is 2.28. The van der Waals surface area contributed by atoms with Gasteiger partial charge in [0.1, 0.15) is 0 Å². The fraction of sp³-hybridized carbons (Fsp3) is 0.667. The molecule has 2 atom stereocenters. The molecule has 3 nitrogen and oxygen atoms in total. The Labute approximate surface area is 138 Å². The number of aromatic nitrogens is 1. The van der Waals surface area contributed by atoms with Crippen LogP contribution in [0.5, 0.6) is 0 Å². The van der Waals surface area contributed by atoms with Gasteiger partial charge in [-0.3, -0.25) is 9.78 Å². The number of hydrogen-bond donors (Lipinski definition) is 0. The molecule has 2 rings (SSSR count). The van der Waals surface area contributed by atoms with Gasteiger partial charge in [-0.05, 0) is 51.2 Å². The van der Waals surface area contributed by atoms with Crippen LogP contribution in [0, 0.1) is 0 Å². The third-order valence-corrected chi connectivity index (χ3v) is 5.33. The summed E-state index contributed by atoms with van der Waals surface area (Å²) >= 11 is 1.68. The first kappa shape index (κ1) is 17.3. The van der Waals surface area contributed by atoms with E-state index in [0.717, 1.165) is 30.0 Å². The van der Waals surface area contributed by atoms with Crippen LogP contribution in [0.1, 0.15) is 64.3 Å². The summed E-state index contributed by atoms with van der Waals surface area (Å²) in [5, 5.41) is 0. The van der Waals surface area contributed by atoms with E-state index in [2.05, 4.69) is 55.8 Å². The Morgan fingerprint density at radius 2 is 2.00 bits per heavy atom. The first-order valence-corrected chi connectivity index (χ1v) is 9.49. The zero-order valence-electron chi connectivity index (χ0n) is 14.2. The molecule has 1 aromatic rings. The summed E-state index contributed by atoms with van der Waals surface area (Å²) in [6.45, 7) is 8.65. The van der Waals surface area contributed by atoms with Crippen molar-refractivity contribution in [1.82, 2.24) is 9.88 Å². The van der Waals surface area contributed by atoms with Crippen molar-refractivity contribution in [3.05, 3.63) is 29.6 Å². The molecule has 1 fully saturated rings. The van der Waals surface area contributed by atoms with Crippen LogP contribution in [0.15, 0.2) is 18.2 Å². The molecule has 1 saturated heterocycles. The molecule has 122 valence electrons. The number of amides is 1. The smallest absolute Gasteiger partial charge is 0.233 e. The SMILES string of the molecule is CC(C)c1cccc(CSCC(=O)N2C(C)CCCC2C)n1. The molecule has 0 N–H and O–H groups in total. The topological polar surface area (TPSA) is 33.2 Å². The maximum absolute atomic E-state index is 12.5. The Hall–Kier alpha value is -1.03. The summed E-state index contributed by atoms with van der Waals surface area (Å²) in [5.74, 6) is 2.09. The minimum absolute atomic E-state index is 0.282. The van der Waals surface area contributed by atoms with E-state index in [9.17, 15) is 4.79 Å². The Morgan fingerprint density at radius 3 is 2.64 bits per heavy atom. The van der Waals surface area contributed by atoms with Gasteiger partial charge in [0.2, 0.25) is 5.91 Å². The normalized spacial score (nSPS) is 22.1. The Bertz CT molecular complexity index is 494. The van der Waals surface area contributed by atoms with E-state index < -0.39 is 0 Å². The lowest BCUT2D eigenvalue weighted by molar-refractivity contribution is -0.134. The number of nitrogens with zero attached hydrogens (tertiary/aromatic N) is 2. The van der Waals surface area contributed by atoms with E-state index in [0.29, 0.717) is 23.8 Å². The maximum Gasteiger partial charge on any atom is 0.233 e. The Kier molecular flexibility index (Phi) is 6.30. The molecule has 4 heteroatoms. The lowest BCUT2D eigenvalue weighted by Gasteiger charge is -2.39. The molecule has 1 amide bonds. The number of rotatable bonds is 5. The summed E-state index contributed by atoms with van der Waals surface area (Å²) in [6, 6.07) is 6.96. The minimum Gasteiger partial charge on any atom is -0.337 e. The van der Waals surface area contributed by atoms with Crippen molar-refractivity contribution in [3.63, 3.8) is 0 Å². The number of carbonyl (C=O) groups excluding carboxylic acids is 1. The van der Waals surface area contributed by atoms with Crippen LogP contribution in [0.4, 0.5) is 0 Å². The van der Waals surface area contributed by atoms with Gasteiger partial charge in [-0.2, -0.15) is 0 Å². The monoisotopic (exact) mass is 320 g/mol. The van der Waals surface area contributed by atoms with Crippen LogP contribution >= 0.6 is 11.8 Å². The van der Waals surface area contributed by atoms with Gasteiger partial charge in [-0.25, -0.2) is 0 Å². The molecule has 0 bridgehead atoms. The summed E-state index contributed by atoms with van der Waals surface area (Å²) in [4.78, 5) is 19.2. The lowest BCUT2D eigenvalue weighted by Crippen LogP contribution is -2.48. The highest BCUT2D eigenvalue weighted by molar-refractivity contribution is 7.99.